The molecule has 4 nitrogen and oxygen atoms in total. The van der Waals surface area contributed by atoms with E-state index in [0.29, 0.717) is 12.1 Å². The Morgan fingerprint density at radius 2 is 2.36 bits per heavy atom. The second-order valence-corrected chi connectivity index (χ2v) is 3.67. The van der Waals surface area contributed by atoms with Gasteiger partial charge in [0.15, 0.2) is 0 Å². The fraction of sp³-hybridized carbons (Fsp3) is 0.700. The zero-order chi connectivity index (χ0) is 10.6. The number of hydrogen-bond donors (Lipinski definition) is 2. The van der Waals surface area contributed by atoms with Gasteiger partial charge in [-0.1, -0.05) is 6.08 Å². The first kappa shape index (κ1) is 11.2. The van der Waals surface area contributed by atoms with E-state index in [2.05, 4.69) is 4.90 Å². The van der Waals surface area contributed by atoms with Crippen LogP contribution in [0.5, 0.6) is 0 Å². The fourth-order valence-electron chi connectivity index (χ4n) is 1.68. The van der Waals surface area contributed by atoms with Gasteiger partial charge >= 0.3 is 5.97 Å². The van der Waals surface area contributed by atoms with E-state index >= 15 is 0 Å². The first-order chi connectivity index (χ1) is 6.65. The van der Waals surface area contributed by atoms with E-state index in [1.165, 1.54) is 0 Å². The number of nitrogens with zero attached hydrogens (tertiary/aromatic N) is 1. The van der Waals surface area contributed by atoms with Crippen molar-refractivity contribution in [3.63, 3.8) is 0 Å². The molecule has 80 valence electrons. The number of carboxylic acids is 1. The molecule has 1 rings (SSSR count). The molecule has 0 aromatic rings. The summed E-state index contributed by atoms with van der Waals surface area (Å²) >= 11 is 0. The van der Waals surface area contributed by atoms with Crippen LogP contribution in [0.3, 0.4) is 0 Å². The quantitative estimate of drug-likeness (QED) is 0.646. The van der Waals surface area contributed by atoms with Crippen LogP contribution in [0.2, 0.25) is 0 Å². The van der Waals surface area contributed by atoms with Crippen molar-refractivity contribution in [3.8, 4) is 0 Å². The highest BCUT2D eigenvalue weighted by Crippen LogP contribution is 2.16. The average Bonchev–Trinajstić information content (AvgIpc) is 2.60. The van der Waals surface area contributed by atoms with E-state index in [9.17, 15) is 4.79 Å². The predicted molar refractivity (Wildman–Crippen MR) is 53.1 cm³/mol. The maximum absolute atomic E-state index is 10.5. The van der Waals surface area contributed by atoms with Crippen LogP contribution < -0.4 is 0 Å². The number of aliphatic carboxylic acids is 1. The van der Waals surface area contributed by atoms with Gasteiger partial charge < -0.3 is 10.2 Å². The number of carbonyl (C=O) groups is 1. The Bertz CT molecular complexity index is 238. The van der Waals surface area contributed by atoms with Crippen molar-refractivity contribution < 1.29 is 15.0 Å². The Labute approximate surface area is 83.8 Å². The predicted octanol–water partition coefficient (Wildman–Crippen LogP) is 0.474. The molecule has 1 heterocycles. The van der Waals surface area contributed by atoms with E-state index in [1.807, 2.05) is 0 Å². The van der Waals surface area contributed by atoms with E-state index < -0.39 is 5.97 Å². The highest BCUT2D eigenvalue weighted by Gasteiger charge is 2.22. The van der Waals surface area contributed by atoms with Gasteiger partial charge in [0.25, 0.3) is 0 Å². The van der Waals surface area contributed by atoms with Crippen LogP contribution in [0.4, 0.5) is 0 Å². The number of aliphatic hydroxyl groups excluding tert-OH is 1. The van der Waals surface area contributed by atoms with Gasteiger partial charge in [0, 0.05) is 18.2 Å². The number of aliphatic hydroxyl groups is 1. The minimum Gasteiger partial charge on any atom is -0.478 e. The summed E-state index contributed by atoms with van der Waals surface area (Å²) in [4.78, 5) is 12.6. The smallest absolute Gasteiger partial charge is 0.330 e. The van der Waals surface area contributed by atoms with Crippen LogP contribution in [-0.2, 0) is 4.79 Å². The molecule has 1 unspecified atom stereocenters. The molecule has 1 aliphatic rings. The summed E-state index contributed by atoms with van der Waals surface area (Å²) in [5.41, 5.74) is 0.369. The van der Waals surface area contributed by atoms with Gasteiger partial charge in [-0.25, -0.2) is 4.79 Å². The van der Waals surface area contributed by atoms with Gasteiger partial charge in [0.1, 0.15) is 0 Å². The zero-order valence-electron chi connectivity index (χ0n) is 8.44. The van der Waals surface area contributed by atoms with Crippen LogP contribution >= 0.6 is 0 Å². The normalized spacial score (nSPS) is 24.1. The summed E-state index contributed by atoms with van der Waals surface area (Å²) in [6, 6.07) is 0.216. The third-order valence-electron chi connectivity index (χ3n) is 2.68. The number of likely N-dealkylation sites (tertiary alicyclic amines) is 1. The minimum atomic E-state index is -0.871. The molecular weight excluding hydrogens is 182 g/mol. The first-order valence-electron chi connectivity index (χ1n) is 4.90. The van der Waals surface area contributed by atoms with Crippen LogP contribution in [0.1, 0.15) is 19.8 Å². The van der Waals surface area contributed by atoms with Crippen molar-refractivity contribution >= 4 is 5.97 Å². The van der Waals surface area contributed by atoms with Gasteiger partial charge in [-0.3, -0.25) is 4.90 Å². The molecule has 14 heavy (non-hydrogen) atoms. The van der Waals surface area contributed by atoms with Gasteiger partial charge in [0.2, 0.25) is 0 Å². The molecule has 2 N–H and O–H groups in total. The summed E-state index contributed by atoms with van der Waals surface area (Å²) in [7, 11) is 0. The summed E-state index contributed by atoms with van der Waals surface area (Å²) in [6.07, 6.45) is 3.80. The highest BCUT2D eigenvalue weighted by atomic mass is 16.4. The maximum Gasteiger partial charge on any atom is 0.330 e. The molecule has 1 aliphatic heterocycles. The molecule has 0 aromatic heterocycles. The van der Waals surface area contributed by atoms with E-state index in [-0.39, 0.29) is 12.6 Å². The third kappa shape index (κ3) is 2.82. The number of carboxylic acid groups (broad SMARTS) is 1. The number of rotatable bonds is 4. The maximum atomic E-state index is 10.5. The molecular formula is C10H17NO3. The third-order valence-corrected chi connectivity index (χ3v) is 2.68. The summed E-state index contributed by atoms with van der Waals surface area (Å²) in [6.45, 7) is 3.34. The Morgan fingerprint density at radius 1 is 1.64 bits per heavy atom. The Morgan fingerprint density at radius 3 is 2.93 bits per heavy atom. The van der Waals surface area contributed by atoms with Gasteiger partial charge in [0.05, 0.1) is 6.61 Å². The molecule has 0 aliphatic carbocycles. The summed E-state index contributed by atoms with van der Waals surface area (Å²) in [5.74, 6) is -0.871. The largest absolute Gasteiger partial charge is 0.478 e. The molecule has 0 aromatic carbocycles. The topological polar surface area (TPSA) is 60.8 Å². The molecule has 0 saturated carbocycles. The summed E-state index contributed by atoms with van der Waals surface area (Å²) in [5, 5.41) is 17.7. The van der Waals surface area contributed by atoms with Crippen LogP contribution in [0.15, 0.2) is 11.6 Å². The molecule has 4 heteroatoms. The SMILES string of the molecule is CC(=CCN1CCCC1CO)C(=O)O. The molecule has 0 spiro atoms. The van der Waals surface area contributed by atoms with Crippen molar-refractivity contribution in [2.75, 3.05) is 19.7 Å². The van der Waals surface area contributed by atoms with E-state index in [4.69, 9.17) is 10.2 Å². The van der Waals surface area contributed by atoms with Crippen molar-refractivity contribution in [3.05, 3.63) is 11.6 Å². The molecule has 0 bridgehead atoms. The minimum absolute atomic E-state index is 0.167. The highest BCUT2D eigenvalue weighted by molar-refractivity contribution is 5.85. The summed E-state index contributed by atoms with van der Waals surface area (Å²) < 4.78 is 0. The first-order valence-corrected chi connectivity index (χ1v) is 4.90. The van der Waals surface area contributed by atoms with Crippen LogP contribution in [0, 0.1) is 0 Å². The lowest BCUT2D eigenvalue weighted by molar-refractivity contribution is -0.132. The van der Waals surface area contributed by atoms with E-state index in [1.54, 1.807) is 13.0 Å². The second-order valence-electron chi connectivity index (χ2n) is 3.67. The Balaban J connectivity index is 2.44. The Hall–Kier alpha value is -0.870. The van der Waals surface area contributed by atoms with Crippen molar-refractivity contribution in [1.82, 2.24) is 4.90 Å². The lowest BCUT2D eigenvalue weighted by Gasteiger charge is -2.20. The average molecular weight is 199 g/mol. The van der Waals surface area contributed by atoms with Gasteiger partial charge in [-0.05, 0) is 26.3 Å². The molecule has 0 amide bonds. The lowest BCUT2D eigenvalue weighted by Crippen LogP contribution is -2.32. The van der Waals surface area contributed by atoms with Gasteiger partial charge in [-0.2, -0.15) is 0 Å². The molecule has 1 fully saturated rings. The molecule has 0 radical (unpaired) electrons. The zero-order valence-corrected chi connectivity index (χ0v) is 8.44. The monoisotopic (exact) mass is 199 g/mol. The Kier molecular flexibility index (Phi) is 4.10. The van der Waals surface area contributed by atoms with Crippen molar-refractivity contribution in [1.29, 1.82) is 0 Å². The van der Waals surface area contributed by atoms with Gasteiger partial charge in [-0.15, -0.1) is 0 Å². The van der Waals surface area contributed by atoms with Crippen LogP contribution in [0.25, 0.3) is 0 Å². The standard InChI is InChI=1S/C10H17NO3/c1-8(10(13)14)4-6-11-5-2-3-9(11)7-12/h4,9,12H,2-3,5-7H2,1H3,(H,13,14). The molecule has 1 atom stereocenters. The molecule has 1 saturated heterocycles. The van der Waals surface area contributed by atoms with Crippen molar-refractivity contribution in [2.24, 2.45) is 0 Å². The number of hydrogen-bond acceptors (Lipinski definition) is 3. The second kappa shape index (κ2) is 5.12. The fourth-order valence-corrected chi connectivity index (χ4v) is 1.68. The lowest BCUT2D eigenvalue weighted by atomic mass is 10.2. The van der Waals surface area contributed by atoms with E-state index in [0.717, 1.165) is 19.4 Å². The van der Waals surface area contributed by atoms with Crippen LogP contribution in [-0.4, -0.2) is 46.8 Å². The van der Waals surface area contributed by atoms with Crippen molar-refractivity contribution in [2.45, 2.75) is 25.8 Å².